The Balaban J connectivity index is 1.26. The van der Waals surface area contributed by atoms with Crippen LogP contribution in [-0.4, -0.2) is 23.0 Å². The number of hydrogen-bond donors (Lipinski definition) is 3. The van der Waals surface area contributed by atoms with E-state index in [4.69, 9.17) is 4.74 Å². The van der Waals surface area contributed by atoms with Crippen molar-refractivity contribution in [3.05, 3.63) is 161 Å². The molecule has 0 aliphatic carbocycles. The maximum atomic E-state index is 14.0. The molecule has 0 bridgehead atoms. The second-order valence-electron chi connectivity index (χ2n) is 10.8. The number of nitrogens with one attached hydrogen (secondary N) is 3. The number of thioether (sulfide) groups is 1. The van der Waals surface area contributed by atoms with E-state index < -0.39 is 51.9 Å². The molecule has 0 saturated carbocycles. The number of benzene rings is 5. The van der Waals surface area contributed by atoms with Crippen molar-refractivity contribution in [2.24, 2.45) is 0 Å². The molecule has 0 aliphatic heterocycles. The third-order valence-electron chi connectivity index (χ3n) is 7.12. The Labute approximate surface area is 289 Å². The van der Waals surface area contributed by atoms with E-state index in [1.807, 2.05) is 35.6 Å². The van der Waals surface area contributed by atoms with Gasteiger partial charge in [0.1, 0.15) is 23.7 Å². The van der Waals surface area contributed by atoms with Crippen molar-refractivity contribution in [3.8, 4) is 5.75 Å². The zero-order valence-corrected chi connectivity index (χ0v) is 27.2. The standard InChI is InChI=1S/C38H29F4N3O4S/c1-23(36(46)45-35-33(41)30(39)21-31(40)34(35)42)50-29-18-14-27(15-19-29)43-38(48)32(44-37(47)26-10-6-3-7-11-26)20-24-12-16-28(17-13-24)49-22-25-8-4-2-5-9-25/h2-21,23H,22H2,1H3,(H,43,48)(H,44,47)(H,45,46)/b32-20-. The van der Waals surface area contributed by atoms with E-state index in [0.717, 1.165) is 17.3 Å². The van der Waals surface area contributed by atoms with Crippen molar-refractivity contribution in [2.75, 3.05) is 10.6 Å². The Morgan fingerprint density at radius 1 is 0.760 bits per heavy atom. The topological polar surface area (TPSA) is 96.5 Å². The van der Waals surface area contributed by atoms with Gasteiger partial charge in [-0.15, -0.1) is 11.8 Å². The van der Waals surface area contributed by atoms with Crippen LogP contribution in [-0.2, 0) is 16.2 Å². The number of amides is 3. The van der Waals surface area contributed by atoms with Crippen LogP contribution in [0.1, 0.15) is 28.4 Å². The fraction of sp³-hybridized carbons (Fsp3) is 0.0789. The quantitative estimate of drug-likeness (QED) is 0.0527. The molecule has 0 aliphatic rings. The molecule has 5 aromatic carbocycles. The van der Waals surface area contributed by atoms with Gasteiger partial charge in [0.05, 0.1) is 5.25 Å². The first-order valence-electron chi connectivity index (χ1n) is 15.1. The van der Waals surface area contributed by atoms with Crippen molar-refractivity contribution >= 4 is 46.9 Å². The number of hydrogen-bond acceptors (Lipinski definition) is 5. The first-order chi connectivity index (χ1) is 24.1. The summed E-state index contributed by atoms with van der Waals surface area (Å²) in [5, 5.41) is 6.38. The molecule has 3 amide bonds. The van der Waals surface area contributed by atoms with E-state index in [-0.39, 0.29) is 11.8 Å². The summed E-state index contributed by atoms with van der Waals surface area (Å²) < 4.78 is 60.9. The molecule has 0 saturated heterocycles. The van der Waals surface area contributed by atoms with Gasteiger partial charge in [-0.1, -0.05) is 60.7 Å². The second kappa shape index (κ2) is 16.5. The van der Waals surface area contributed by atoms with Gasteiger partial charge in [-0.25, -0.2) is 17.6 Å². The molecule has 0 radical (unpaired) electrons. The molecular formula is C38H29F4N3O4S. The normalized spacial score (nSPS) is 11.7. The lowest BCUT2D eigenvalue weighted by atomic mass is 10.1. The van der Waals surface area contributed by atoms with Crippen LogP contribution in [0.4, 0.5) is 28.9 Å². The highest BCUT2D eigenvalue weighted by Gasteiger charge is 2.24. The highest BCUT2D eigenvalue weighted by Crippen LogP contribution is 2.28. The average molecular weight is 700 g/mol. The summed E-state index contributed by atoms with van der Waals surface area (Å²) in [5.74, 6) is -8.09. The van der Waals surface area contributed by atoms with Crippen LogP contribution in [0.3, 0.4) is 0 Å². The Hall–Kier alpha value is -5.88. The highest BCUT2D eigenvalue weighted by molar-refractivity contribution is 8.00. The van der Waals surface area contributed by atoms with Crippen molar-refractivity contribution < 1.29 is 36.7 Å². The van der Waals surface area contributed by atoms with Gasteiger partial charge in [-0.05, 0) is 72.7 Å². The predicted molar refractivity (Wildman–Crippen MR) is 184 cm³/mol. The van der Waals surface area contributed by atoms with Crippen LogP contribution < -0.4 is 20.7 Å². The summed E-state index contributed by atoms with van der Waals surface area (Å²) in [6.45, 7) is 1.83. The van der Waals surface area contributed by atoms with E-state index in [9.17, 15) is 31.9 Å². The van der Waals surface area contributed by atoms with Crippen LogP contribution in [0, 0.1) is 23.3 Å². The Morgan fingerprint density at radius 3 is 1.98 bits per heavy atom. The maximum Gasteiger partial charge on any atom is 0.272 e. The molecule has 0 fully saturated rings. The van der Waals surface area contributed by atoms with Gasteiger partial charge in [0.2, 0.25) is 5.91 Å². The van der Waals surface area contributed by atoms with Crippen molar-refractivity contribution in [1.29, 1.82) is 0 Å². The van der Waals surface area contributed by atoms with Gasteiger partial charge in [0, 0.05) is 22.2 Å². The van der Waals surface area contributed by atoms with E-state index in [2.05, 4.69) is 10.6 Å². The molecule has 0 heterocycles. The zero-order chi connectivity index (χ0) is 35.6. The van der Waals surface area contributed by atoms with Crippen LogP contribution in [0.2, 0.25) is 0 Å². The van der Waals surface area contributed by atoms with Crippen molar-refractivity contribution in [1.82, 2.24) is 5.32 Å². The Kier molecular flexibility index (Phi) is 11.7. The van der Waals surface area contributed by atoms with Gasteiger partial charge in [0.15, 0.2) is 23.3 Å². The minimum absolute atomic E-state index is 0.0335. The first-order valence-corrected chi connectivity index (χ1v) is 16.0. The largest absolute Gasteiger partial charge is 0.489 e. The molecule has 5 rings (SSSR count). The molecule has 254 valence electrons. The molecule has 1 unspecified atom stereocenters. The second-order valence-corrected chi connectivity index (χ2v) is 12.2. The van der Waals surface area contributed by atoms with Gasteiger partial charge in [-0.3, -0.25) is 14.4 Å². The lowest BCUT2D eigenvalue weighted by Gasteiger charge is -2.14. The monoisotopic (exact) mass is 699 g/mol. The highest BCUT2D eigenvalue weighted by atomic mass is 32.2. The van der Waals surface area contributed by atoms with Gasteiger partial charge < -0.3 is 20.7 Å². The number of rotatable bonds is 12. The molecule has 50 heavy (non-hydrogen) atoms. The zero-order valence-electron chi connectivity index (χ0n) is 26.4. The number of anilines is 2. The number of halogens is 4. The van der Waals surface area contributed by atoms with E-state index in [1.54, 1.807) is 78.9 Å². The van der Waals surface area contributed by atoms with E-state index >= 15 is 0 Å². The summed E-state index contributed by atoms with van der Waals surface area (Å²) in [4.78, 5) is 39.6. The Bertz CT molecular complexity index is 1980. The summed E-state index contributed by atoms with van der Waals surface area (Å²) in [7, 11) is 0. The van der Waals surface area contributed by atoms with Crippen LogP contribution >= 0.6 is 11.8 Å². The molecular weight excluding hydrogens is 670 g/mol. The SMILES string of the molecule is CC(Sc1ccc(NC(=O)/C(=C/c2ccc(OCc3ccccc3)cc2)NC(=O)c2ccccc2)cc1)C(=O)Nc1c(F)c(F)cc(F)c1F. The van der Waals surface area contributed by atoms with Crippen molar-refractivity contribution in [3.63, 3.8) is 0 Å². The third kappa shape index (κ3) is 9.38. The van der Waals surface area contributed by atoms with Gasteiger partial charge in [-0.2, -0.15) is 0 Å². The van der Waals surface area contributed by atoms with Crippen molar-refractivity contribution in [2.45, 2.75) is 23.7 Å². The van der Waals surface area contributed by atoms with Crippen LogP contribution in [0.5, 0.6) is 5.75 Å². The predicted octanol–water partition coefficient (Wildman–Crippen LogP) is 8.35. The third-order valence-corrected chi connectivity index (χ3v) is 8.23. The molecule has 12 heteroatoms. The number of carbonyl (C=O) groups is 3. The molecule has 5 aromatic rings. The molecule has 0 spiro atoms. The van der Waals surface area contributed by atoms with Crippen LogP contribution in [0.25, 0.3) is 6.08 Å². The summed E-state index contributed by atoms with van der Waals surface area (Å²) in [5.41, 5.74) is 1.10. The minimum atomic E-state index is -1.72. The lowest BCUT2D eigenvalue weighted by Crippen LogP contribution is -2.30. The van der Waals surface area contributed by atoms with Gasteiger partial charge >= 0.3 is 0 Å². The van der Waals surface area contributed by atoms with Crippen LogP contribution in [0.15, 0.2) is 126 Å². The molecule has 3 N–H and O–H groups in total. The number of ether oxygens (including phenoxy) is 1. The smallest absolute Gasteiger partial charge is 0.272 e. The minimum Gasteiger partial charge on any atom is -0.489 e. The average Bonchev–Trinajstić information content (AvgIpc) is 3.13. The fourth-order valence-electron chi connectivity index (χ4n) is 4.49. The van der Waals surface area contributed by atoms with Gasteiger partial charge in [0.25, 0.3) is 11.8 Å². The fourth-order valence-corrected chi connectivity index (χ4v) is 5.36. The summed E-state index contributed by atoms with van der Waals surface area (Å²) in [6, 6.07) is 31.4. The van der Waals surface area contributed by atoms with E-state index in [0.29, 0.717) is 34.1 Å². The Morgan fingerprint density at radius 2 is 1.36 bits per heavy atom. The molecule has 7 nitrogen and oxygen atoms in total. The summed E-state index contributed by atoms with van der Waals surface area (Å²) >= 11 is 1.00. The maximum absolute atomic E-state index is 14.0. The summed E-state index contributed by atoms with van der Waals surface area (Å²) in [6.07, 6.45) is 1.53. The molecule has 1 atom stereocenters. The number of carbonyl (C=O) groups excluding carboxylic acids is 3. The van der Waals surface area contributed by atoms with E-state index in [1.165, 1.54) is 13.0 Å². The molecule has 0 aromatic heterocycles. The first kappa shape index (κ1) is 35.4. The lowest BCUT2D eigenvalue weighted by molar-refractivity contribution is -0.115.